The molecule has 2 aromatic carbocycles. The van der Waals surface area contributed by atoms with Gasteiger partial charge in [0.25, 0.3) is 5.91 Å². The summed E-state index contributed by atoms with van der Waals surface area (Å²) in [4.78, 5) is 29.9. The number of alkyl halides is 3. The van der Waals surface area contributed by atoms with Gasteiger partial charge in [-0.2, -0.15) is 13.2 Å². The Hall–Kier alpha value is -3.82. The summed E-state index contributed by atoms with van der Waals surface area (Å²) in [7, 11) is 3.87. The fraction of sp³-hybridized carbons (Fsp3) is 0.370. The standard InChI is InChI=1S/C27H30F3N5O2/c1-16(36)31-20-10-13-23-22(14-20)24(15-25(34-23)27(28,29)30)32-18-6-8-19(9-7-18)33-26(37)17-4-11-21(12-5-17)35(2)3/h4-5,10-15,18-19H,6-9H2,1-3H3,(H,31,36)(H,32,34)(H,33,37). The van der Waals surface area contributed by atoms with Crippen LogP contribution in [-0.4, -0.2) is 43.0 Å². The number of fused-ring (bicyclic) bond motifs is 1. The van der Waals surface area contributed by atoms with Gasteiger partial charge in [-0.25, -0.2) is 4.98 Å². The van der Waals surface area contributed by atoms with E-state index in [0.717, 1.165) is 11.8 Å². The first-order valence-corrected chi connectivity index (χ1v) is 12.1. The molecule has 1 heterocycles. The van der Waals surface area contributed by atoms with Crippen molar-refractivity contribution in [3.05, 3.63) is 59.8 Å². The van der Waals surface area contributed by atoms with Gasteiger partial charge in [0.2, 0.25) is 5.91 Å². The Morgan fingerprint density at radius 2 is 1.59 bits per heavy atom. The molecule has 0 saturated heterocycles. The summed E-state index contributed by atoms with van der Waals surface area (Å²) in [5, 5.41) is 9.50. The molecule has 0 spiro atoms. The van der Waals surface area contributed by atoms with E-state index >= 15 is 0 Å². The predicted molar refractivity (Wildman–Crippen MR) is 139 cm³/mol. The molecule has 3 N–H and O–H groups in total. The zero-order valence-corrected chi connectivity index (χ0v) is 20.9. The van der Waals surface area contributed by atoms with Gasteiger partial charge in [0, 0.05) is 61.1 Å². The maximum atomic E-state index is 13.5. The third kappa shape index (κ3) is 6.49. The van der Waals surface area contributed by atoms with Crippen LogP contribution < -0.4 is 20.9 Å². The molecule has 2 amide bonds. The minimum atomic E-state index is -4.59. The molecule has 37 heavy (non-hydrogen) atoms. The third-order valence-electron chi connectivity index (χ3n) is 6.49. The number of anilines is 3. The number of carbonyl (C=O) groups is 2. The number of halogens is 3. The fourth-order valence-electron chi connectivity index (χ4n) is 4.55. The van der Waals surface area contributed by atoms with E-state index in [0.29, 0.717) is 48.0 Å². The van der Waals surface area contributed by atoms with E-state index in [1.165, 1.54) is 19.1 Å². The molecule has 3 aromatic rings. The minimum absolute atomic E-state index is 0.00892. The second kappa shape index (κ2) is 10.7. The van der Waals surface area contributed by atoms with Gasteiger partial charge in [0.15, 0.2) is 0 Å². The second-order valence-corrected chi connectivity index (χ2v) is 9.57. The first kappa shape index (κ1) is 26.2. The van der Waals surface area contributed by atoms with Crippen molar-refractivity contribution in [1.29, 1.82) is 0 Å². The van der Waals surface area contributed by atoms with Crippen LogP contribution in [0.15, 0.2) is 48.5 Å². The van der Waals surface area contributed by atoms with Crippen molar-refractivity contribution >= 4 is 39.8 Å². The fourth-order valence-corrected chi connectivity index (χ4v) is 4.55. The number of nitrogens with one attached hydrogen (secondary N) is 3. The van der Waals surface area contributed by atoms with E-state index in [-0.39, 0.29) is 29.4 Å². The Labute approximate surface area is 213 Å². The number of rotatable bonds is 6. The molecule has 4 rings (SSSR count). The number of amides is 2. The van der Waals surface area contributed by atoms with Gasteiger partial charge in [-0.15, -0.1) is 0 Å². The average Bonchev–Trinajstić information content (AvgIpc) is 2.84. The largest absolute Gasteiger partial charge is 0.433 e. The smallest absolute Gasteiger partial charge is 0.382 e. The Kier molecular flexibility index (Phi) is 7.56. The molecule has 0 unspecified atom stereocenters. The van der Waals surface area contributed by atoms with Gasteiger partial charge in [-0.3, -0.25) is 9.59 Å². The van der Waals surface area contributed by atoms with Gasteiger partial charge in [0.1, 0.15) is 5.69 Å². The van der Waals surface area contributed by atoms with Gasteiger partial charge < -0.3 is 20.9 Å². The molecule has 0 radical (unpaired) electrons. The normalized spacial score (nSPS) is 17.8. The number of pyridine rings is 1. The third-order valence-corrected chi connectivity index (χ3v) is 6.49. The van der Waals surface area contributed by atoms with Crippen molar-refractivity contribution in [3.8, 4) is 0 Å². The Balaban J connectivity index is 1.45. The summed E-state index contributed by atoms with van der Waals surface area (Å²) in [6.07, 6.45) is -1.83. The van der Waals surface area contributed by atoms with E-state index in [1.54, 1.807) is 18.2 Å². The highest BCUT2D eigenvalue weighted by Gasteiger charge is 2.34. The molecular weight excluding hydrogens is 483 g/mol. The lowest BCUT2D eigenvalue weighted by Gasteiger charge is -2.31. The van der Waals surface area contributed by atoms with Gasteiger partial charge in [0.05, 0.1) is 5.52 Å². The van der Waals surface area contributed by atoms with E-state index < -0.39 is 11.9 Å². The van der Waals surface area contributed by atoms with Crippen LogP contribution in [-0.2, 0) is 11.0 Å². The number of nitrogens with zero attached hydrogens (tertiary/aromatic N) is 2. The Bertz CT molecular complexity index is 1280. The van der Waals surface area contributed by atoms with Crippen LogP contribution in [0.2, 0.25) is 0 Å². The van der Waals surface area contributed by atoms with Crippen molar-refractivity contribution in [2.45, 2.75) is 50.9 Å². The average molecular weight is 514 g/mol. The molecule has 10 heteroatoms. The van der Waals surface area contributed by atoms with Crippen LogP contribution in [0.25, 0.3) is 10.9 Å². The highest BCUT2D eigenvalue weighted by Crippen LogP contribution is 2.35. The summed E-state index contributed by atoms with van der Waals surface area (Å²) >= 11 is 0. The number of benzene rings is 2. The molecule has 1 saturated carbocycles. The molecule has 0 bridgehead atoms. The highest BCUT2D eigenvalue weighted by atomic mass is 19.4. The van der Waals surface area contributed by atoms with Crippen LogP contribution in [0.1, 0.15) is 48.7 Å². The van der Waals surface area contributed by atoms with Crippen molar-refractivity contribution in [1.82, 2.24) is 10.3 Å². The van der Waals surface area contributed by atoms with Crippen LogP contribution in [0.4, 0.5) is 30.2 Å². The topological polar surface area (TPSA) is 86.4 Å². The van der Waals surface area contributed by atoms with Crippen molar-refractivity contribution in [3.63, 3.8) is 0 Å². The molecule has 1 fully saturated rings. The molecule has 1 aromatic heterocycles. The van der Waals surface area contributed by atoms with E-state index in [1.807, 2.05) is 31.1 Å². The Morgan fingerprint density at radius 1 is 0.946 bits per heavy atom. The lowest BCUT2D eigenvalue weighted by molar-refractivity contribution is -0.140. The summed E-state index contributed by atoms with van der Waals surface area (Å²) in [5.74, 6) is -0.412. The maximum absolute atomic E-state index is 13.5. The molecule has 196 valence electrons. The van der Waals surface area contributed by atoms with Gasteiger partial charge >= 0.3 is 6.18 Å². The monoisotopic (exact) mass is 513 g/mol. The van der Waals surface area contributed by atoms with E-state index in [2.05, 4.69) is 20.9 Å². The summed E-state index contributed by atoms with van der Waals surface area (Å²) in [6, 6.07) is 12.9. The van der Waals surface area contributed by atoms with Crippen LogP contribution >= 0.6 is 0 Å². The van der Waals surface area contributed by atoms with E-state index in [4.69, 9.17) is 0 Å². The lowest BCUT2D eigenvalue weighted by Crippen LogP contribution is -2.40. The van der Waals surface area contributed by atoms with Gasteiger partial charge in [-0.1, -0.05) is 0 Å². The zero-order valence-electron chi connectivity index (χ0n) is 20.9. The second-order valence-electron chi connectivity index (χ2n) is 9.57. The molecule has 1 aliphatic rings. The van der Waals surface area contributed by atoms with Crippen LogP contribution in [0.3, 0.4) is 0 Å². The quantitative estimate of drug-likeness (QED) is 0.409. The summed E-state index contributed by atoms with van der Waals surface area (Å²) in [6.45, 7) is 1.37. The number of hydrogen-bond acceptors (Lipinski definition) is 5. The first-order valence-electron chi connectivity index (χ1n) is 12.1. The van der Waals surface area contributed by atoms with E-state index in [9.17, 15) is 22.8 Å². The van der Waals surface area contributed by atoms with Crippen molar-refractivity contribution < 1.29 is 22.8 Å². The minimum Gasteiger partial charge on any atom is -0.382 e. The summed E-state index contributed by atoms with van der Waals surface area (Å²) in [5.41, 5.74) is 1.60. The highest BCUT2D eigenvalue weighted by molar-refractivity contribution is 5.97. The number of aromatic nitrogens is 1. The number of hydrogen-bond donors (Lipinski definition) is 3. The summed E-state index contributed by atoms with van der Waals surface area (Å²) < 4.78 is 40.5. The maximum Gasteiger partial charge on any atom is 0.433 e. The molecule has 0 atom stereocenters. The lowest BCUT2D eigenvalue weighted by atomic mass is 9.90. The molecule has 7 nitrogen and oxygen atoms in total. The molecule has 0 aliphatic heterocycles. The zero-order chi connectivity index (χ0) is 26.7. The molecule has 1 aliphatic carbocycles. The van der Waals surface area contributed by atoms with Gasteiger partial charge in [-0.05, 0) is 74.2 Å². The SMILES string of the molecule is CC(=O)Nc1ccc2nc(C(F)(F)F)cc(NC3CCC(NC(=O)c4ccc(N(C)C)cc4)CC3)c2c1. The van der Waals surface area contributed by atoms with Crippen LogP contribution in [0.5, 0.6) is 0 Å². The first-order chi connectivity index (χ1) is 17.5. The predicted octanol–water partition coefficient (Wildman–Crippen LogP) is 5.43. The Morgan fingerprint density at radius 3 is 2.19 bits per heavy atom. The van der Waals surface area contributed by atoms with Crippen molar-refractivity contribution in [2.75, 3.05) is 29.6 Å². The number of carbonyl (C=O) groups excluding carboxylic acids is 2. The van der Waals surface area contributed by atoms with Crippen LogP contribution in [0, 0.1) is 0 Å². The van der Waals surface area contributed by atoms with Crippen molar-refractivity contribution in [2.24, 2.45) is 0 Å². The molecular formula is C27H30F3N5O2.